The first-order valence-electron chi connectivity index (χ1n) is 11.3. The van der Waals surface area contributed by atoms with Gasteiger partial charge < -0.3 is 15.4 Å². The van der Waals surface area contributed by atoms with Crippen molar-refractivity contribution in [1.29, 1.82) is 0 Å². The minimum Gasteiger partial charge on any atom is -0.381 e. The first kappa shape index (κ1) is 23.5. The second kappa shape index (κ2) is 10.2. The highest BCUT2D eigenvalue weighted by Gasteiger charge is 2.23. The van der Waals surface area contributed by atoms with E-state index in [9.17, 15) is 9.59 Å². The number of aryl methyl sites for hydroxylation is 1. The predicted molar refractivity (Wildman–Crippen MR) is 139 cm³/mol. The molecule has 1 amide bonds. The van der Waals surface area contributed by atoms with Crippen LogP contribution >= 0.6 is 22.9 Å². The summed E-state index contributed by atoms with van der Waals surface area (Å²) >= 11 is 7.64. The van der Waals surface area contributed by atoms with Crippen LogP contribution in [-0.2, 0) is 16.1 Å². The minimum absolute atomic E-state index is 0.148. The lowest BCUT2D eigenvalue weighted by molar-refractivity contribution is -0.122. The van der Waals surface area contributed by atoms with Crippen molar-refractivity contribution in [2.24, 2.45) is 5.92 Å². The van der Waals surface area contributed by atoms with Gasteiger partial charge >= 0.3 is 0 Å². The molecule has 0 radical (unpaired) electrons. The monoisotopic (exact) mass is 509 g/mol. The summed E-state index contributed by atoms with van der Waals surface area (Å²) in [7, 11) is 0. The number of nitrogens with zero attached hydrogens (tertiary/aromatic N) is 3. The second-order valence-electron chi connectivity index (χ2n) is 8.43. The molecule has 0 bridgehead atoms. The van der Waals surface area contributed by atoms with Crippen molar-refractivity contribution in [2.75, 3.05) is 23.8 Å². The third kappa shape index (κ3) is 5.37. The molecule has 0 unspecified atom stereocenters. The van der Waals surface area contributed by atoms with Gasteiger partial charge in [-0.15, -0.1) is 11.3 Å². The summed E-state index contributed by atoms with van der Waals surface area (Å²) in [5.74, 6) is 0.00632. The molecule has 3 heterocycles. The van der Waals surface area contributed by atoms with Crippen molar-refractivity contribution in [3.63, 3.8) is 0 Å². The zero-order chi connectivity index (χ0) is 24.4. The van der Waals surface area contributed by atoms with Crippen LogP contribution < -0.4 is 16.2 Å². The highest BCUT2D eigenvalue weighted by atomic mass is 35.5. The average molecular weight is 510 g/mol. The first-order chi connectivity index (χ1) is 17.0. The van der Waals surface area contributed by atoms with Crippen LogP contribution in [0.4, 0.5) is 17.3 Å². The Morgan fingerprint density at radius 2 is 1.97 bits per heavy atom. The Morgan fingerprint density at radius 1 is 1.20 bits per heavy atom. The maximum Gasteiger partial charge on any atom is 0.279 e. The van der Waals surface area contributed by atoms with E-state index in [-0.39, 0.29) is 29.6 Å². The SMILES string of the molecule is Cc1nc2ccc(Nc3ncc(NC(=O)C4CCOCC4)c(=O)n3Cc3ccc(Cl)cc3)cc2s1. The van der Waals surface area contributed by atoms with Crippen molar-refractivity contribution in [1.82, 2.24) is 14.5 Å². The van der Waals surface area contributed by atoms with Crippen LogP contribution in [0.25, 0.3) is 10.2 Å². The number of thiazole rings is 1. The van der Waals surface area contributed by atoms with E-state index < -0.39 is 0 Å². The van der Waals surface area contributed by atoms with Crippen LogP contribution in [0, 0.1) is 12.8 Å². The van der Waals surface area contributed by atoms with E-state index in [1.807, 2.05) is 37.3 Å². The number of hydrogen-bond acceptors (Lipinski definition) is 7. The molecule has 1 fully saturated rings. The summed E-state index contributed by atoms with van der Waals surface area (Å²) in [4.78, 5) is 35.2. The van der Waals surface area contributed by atoms with Crippen molar-refractivity contribution < 1.29 is 9.53 Å². The summed E-state index contributed by atoms with van der Waals surface area (Å²) in [6.45, 7) is 3.32. The van der Waals surface area contributed by atoms with Gasteiger partial charge in [-0.25, -0.2) is 9.97 Å². The highest BCUT2D eigenvalue weighted by Crippen LogP contribution is 2.26. The lowest BCUT2D eigenvalue weighted by Gasteiger charge is -2.21. The van der Waals surface area contributed by atoms with Gasteiger partial charge in [0.25, 0.3) is 5.56 Å². The summed E-state index contributed by atoms with van der Waals surface area (Å²) in [5.41, 5.74) is 2.40. The van der Waals surface area contributed by atoms with Crippen molar-refractivity contribution in [3.05, 3.63) is 74.6 Å². The van der Waals surface area contributed by atoms with Crippen LogP contribution in [0.2, 0.25) is 5.02 Å². The van der Waals surface area contributed by atoms with Gasteiger partial charge in [0.2, 0.25) is 11.9 Å². The fraction of sp³-hybridized carbons (Fsp3) is 0.280. The van der Waals surface area contributed by atoms with E-state index >= 15 is 0 Å². The zero-order valence-electron chi connectivity index (χ0n) is 19.1. The van der Waals surface area contributed by atoms with Crippen molar-refractivity contribution in [2.45, 2.75) is 26.3 Å². The lowest BCUT2D eigenvalue weighted by Crippen LogP contribution is -2.33. The van der Waals surface area contributed by atoms with Gasteiger partial charge in [0.05, 0.1) is 28.0 Å². The van der Waals surface area contributed by atoms with Crippen LogP contribution in [-0.4, -0.2) is 33.7 Å². The number of ether oxygens (including phenoxy) is 1. The smallest absolute Gasteiger partial charge is 0.279 e. The van der Waals surface area contributed by atoms with Gasteiger partial charge in [0, 0.05) is 29.8 Å². The molecule has 8 nitrogen and oxygen atoms in total. The molecular weight excluding hydrogens is 486 g/mol. The number of rotatable bonds is 6. The number of halogens is 1. The topological polar surface area (TPSA) is 98.1 Å². The Labute approximate surface area is 210 Å². The maximum atomic E-state index is 13.5. The van der Waals surface area contributed by atoms with Crippen LogP contribution in [0.5, 0.6) is 0 Å². The van der Waals surface area contributed by atoms with E-state index in [4.69, 9.17) is 16.3 Å². The Bertz CT molecular complexity index is 1430. The van der Waals surface area contributed by atoms with Gasteiger partial charge in [0.15, 0.2) is 0 Å². The van der Waals surface area contributed by atoms with Crippen LogP contribution in [0.3, 0.4) is 0 Å². The minimum atomic E-state index is -0.340. The van der Waals surface area contributed by atoms with Gasteiger partial charge in [0.1, 0.15) is 5.69 Å². The number of anilines is 3. The molecule has 10 heteroatoms. The van der Waals surface area contributed by atoms with E-state index in [1.54, 1.807) is 23.5 Å². The quantitative estimate of drug-likeness (QED) is 0.381. The number of amides is 1. The van der Waals surface area contributed by atoms with E-state index in [0.717, 1.165) is 26.5 Å². The highest BCUT2D eigenvalue weighted by molar-refractivity contribution is 7.18. The zero-order valence-corrected chi connectivity index (χ0v) is 20.7. The molecule has 0 aliphatic carbocycles. The summed E-state index contributed by atoms with van der Waals surface area (Å²) in [5, 5.41) is 7.65. The molecule has 2 aromatic heterocycles. The number of fused-ring (bicyclic) bond motifs is 1. The molecule has 0 spiro atoms. The largest absolute Gasteiger partial charge is 0.381 e. The first-order valence-corrected chi connectivity index (χ1v) is 12.5. The van der Waals surface area contributed by atoms with Gasteiger partial charge in [-0.3, -0.25) is 14.2 Å². The summed E-state index contributed by atoms with van der Waals surface area (Å²) in [6.07, 6.45) is 2.68. The molecule has 0 atom stereocenters. The molecule has 0 saturated carbocycles. The predicted octanol–water partition coefficient (Wildman–Crippen LogP) is 4.97. The molecule has 180 valence electrons. The molecule has 5 rings (SSSR count). The fourth-order valence-corrected chi connectivity index (χ4v) is 5.03. The number of nitrogens with one attached hydrogen (secondary N) is 2. The molecular formula is C25H24ClN5O3S. The normalized spacial score (nSPS) is 14.2. The molecule has 2 aromatic carbocycles. The van der Waals surface area contributed by atoms with E-state index in [1.165, 1.54) is 10.8 Å². The fourth-order valence-electron chi connectivity index (χ4n) is 4.04. The van der Waals surface area contributed by atoms with Gasteiger partial charge in [-0.05, 0) is 55.7 Å². The molecule has 4 aromatic rings. The number of aromatic nitrogens is 3. The number of carbonyl (C=O) groups excluding carboxylic acids is 1. The Kier molecular flexibility index (Phi) is 6.81. The molecule has 35 heavy (non-hydrogen) atoms. The average Bonchev–Trinajstić information content (AvgIpc) is 3.24. The Morgan fingerprint density at radius 3 is 2.74 bits per heavy atom. The second-order valence-corrected chi connectivity index (χ2v) is 10.1. The van der Waals surface area contributed by atoms with Gasteiger partial charge in [-0.2, -0.15) is 0 Å². The Hall–Kier alpha value is -3.27. The standard InChI is InChI=1S/C25H24ClN5O3S/c1-15-28-20-7-6-19(12-22(20)35-15)29-25-27-13-21(30-23(32)17-8-10-34-11-9-17)24(33)31(25)14-16-2-4-18(26)5-3-16/h2-7,12-13,17H,8-11,14H2,1H3,(H,27,29)(H,30,32). The third-order valence-corrected chi connectivity index (χ3v) is 7.09. The third-order valence-electron chi connectivity index (χ3n) is 5.90. The molecule has 1 aliphatic heterocycles. The van der Waals surface area contributed by atoms with E-state index in [2.05, 4.69) is 20.6 Å². The molecule has 1 aliphatic rings. The summed E-state index contributed by atoms with van der Waals surface area (Å²) in [6, 6.07) is 13.1. The van der Waals surface area contributed by atoms with Crippen molar-refractivity contribution in [3.8, 4) is 0 Å². The van der Waals surface area contributed by atoms with Crippen LogP contribution in [0.15, 0.2) is 53.5 Å². The number of hydrogen-bond donors (Lipinski definition) is 2. The summed E-state index contributed by atoms with van der Waals surface area (Å²) < 4.78 is 7.90. The lowest BCUT2D eigenvalue weighted by atomic mass is 9.99. The number of benzene rings is 2. The molecule has 2 N–H and O–H groups in total. The Balaban J connectivity index is 1.47. The van der Waals surface area contributed by atoms with Crippen molar-refractivity contribution >= 4 is 56.4 Å². The van der Waals surface area contributed by atoms with Gasteiger partial charge in [-0.1, -0.05) is 23.7 Å². The van der Waals surface area contributed by atoms with E-state index in [0.29, 0.717) is 37.0 Å². The van der Waals surface area contributed by atoms with Crippen LogP contribution in [0.1, 0.15) is 23.4 Å². The number of carbonyl (C=O) groups is 1. The maximum absolute atomic E-state index is 13.5. The molecule has 1 saturated heterocycles.